The van der Waals surface area contributed by atoms with Crippen LogP contribution in [0.15, 0.2) is 0 Å². The molecule has 0 unspecified atom stereocenters. The van der Waals surface area contributed by atoms with Gasteiger partial charge in [-0.2, -0.15) is 0 Å². The summed E-state index contributed by atoms with van der Waals surface area (Å²) in [4.78, 5) is 12.5. The third kappa shape index (κ3) is 5.70. The lowest BCUT2D eigenvalue weighted by Gasteiger charge is -2.11. The molecule has 0 radical (unpaired) electrons. The van der Waals surface area contributed by atoms with Crippen molar-refractivity contribution in [1.82, 2.24) is 10.2 Å². The Kier molecular flexibility index (Phi) is 5.61. The van der Waals surface area contributed by atoms with E-state index in [9.17, 15) is 4.79 Å². The molecule has 0 saturated heterocycles. The minimum Gasteiger partial charge on any atom is -0.338 e. The summed E-state index contributed by atoms with van der Waals surface area (Å²) in [5, 5.41) is 2.80. The van der Waals surface area contributed by atoms with Crippen LogP contribution in [-0.4, -0.2) is 31.6 Å². The number of hydrogen-bond donors (Lipinski definition) is 1. The zero-order valence-corrected chi connectivity index (χ0v) is 7.68. The van der Waals surface area contributed by atoms with Gasteiger partial charge in [-0.15, -0.1) is 0 Å². The largest absolute Gasteiger partial charge is 0.338 e. The molecule has 66 valence electrons. The molecule has 3 heteroatoms. The second-order valence-corrected chi connectivity index (χ2v) is 2.83. The molecular formula is C8H18N2O. The molecule has 0 spiro atoms. The highest BCUT2D eigenvalue weighted by molar-refractivity contribution is 5.73. The van der Waals surface area contributed by atoms with Gasteiger partial charge in [-0.25, -0.2) is 4.79 Å². The summed E-state index contributed by atoms with van der Waals surface area (Å²) in [5.74, 6) is 0. The molecule has 2 amide bonds. The first kappa shape index (κ1) is 10.3. The van der Waals surface area contributed by atoms with Crippen molar-refractivity contribution in [3.05, 3.63) is 0 Å². The fraction of sp³-hybridized carbons (Fsp3) is 0.875. The average Bonchev–Trinajstić information content (AvgIpc) is 1.97. The molecule has 0 saturated carbocycles. The summed E-state index contributed by atoms with van der Waals surface area (Å²) in [7, 11) is 3.49. The number of carbonyl (C=O) groups excluding carboxylic acids is 1. The quantitative estimate of drug-likeness (QED) is 0.617. The first-order valence-electron chi connectivity index (χ1n) is 4.13. The molecule has 0 aromatic rings. The maximum absolute atomic E-state index is 10.9. The SMILES string of the molecule is CCCCCNC(=O)N(C)C. The number of amides is 2. The van der Waals surface area contributed by atoms with Crippen molar-refractivity contribution in [3.63, 3.8) is 0 Å². The van der Waals surface area contributed by atoms with E-state index < -0.39 is 0 Å². The van der Waals surface area contributed by atoms with E-state index in [1.54, 1.807) is 19.0 Å². The summed E-state index contributed by atoms with van der Waals surface area (Å²) < 4.78 is 0. The van der Waals surface area contributed by atoms with Gasteiger partial charge in [0, 0.05) is 20.6 Å². The van der Waals surface area contributed by atoms with Crippen LogP contribution in [-0.2, 0) is 0 Å². The van der Waals surface area contributed by atoms with Gasteiger partial charge >= 0.3 is 6.03 Å². The Morgan fingerprint density at radius 3 is 2.45 bits per heavy atom. The highest BCUT2D eigenvalue weighted by Crippen LogP contribution is 1.91. The predicted molar refractivity (Wildman–Crippen MR) is 46.6 cm³/mol. The Balaban J connectivity index is 3.18. The molecule has 0 aromatic heterocycles. The third-order valence-electron chi connectivity index (χ3n) is 1.46. The van der Waals surface area contributed by atoms with E-state index in [-0.39, 0.29) is 6.03 Å². The maximum Gasteiger partial charge on any atom is 0.316 e. The van der Waals surface area contributed by atoms with Gasteiger partial charge in [-0.1, -0.05) is 19.8 Å². The molecule has 0 aliphatic heterocycles. The Hall–Kier alpha value is -0.730. The second kappa shape index (κ2) is 6.01. The lowest BCUT2D eigenvalue weighted by Crippen LogP contribution is -2.34. The third-order valence-corrected chi connectivity index (χ3v) is 1.46. The van der Waals surface area contributed by atoms with Gasteiger partial charge in [-0.3, -0.25) is 0 Å². The van der Waals surface area contributed by atoms with Crippen molar-refractivity contribution in [1.29, 1.82) is 0 Å². The van der Waals surface area contributed by atoms with Gasteiger partial charge < -0.3 is 10.2 Å². The summed E-state index contributed by atoms with van der Waals surface area (Å²) in [6.07, 6.45) is 3.46. The predicted octanol–water partition coefficient (Wildman–Crippen LogP) is 1.45. The molecule has 0 bridgehead atoms. The number of nitrogens with zero attached hydrogens (tertiary/aromatic N) is 1. The van der Waals surface area contributed by atoms with Crippen molar-refractivity contribution < 1.29 is 4.79 Å². The van der Waals surface area contributed by atoms with E-state index in [0.717, 1.165) is 13.0 Å². The van der Waals surface area contributed by atoms with Crippen molar-refractivity contribution in [2.75, 3.05) is 20.6 Å². The normalized spacial score (nSPS) is 9.36. The van der Waals surface area contributed by atoms with E-state index in [0.29, 0.717) is 0 Å². The number of hydrogen-bond acceptors (Lipinski definition) is 1. The summed E-state index contributed by atoms with van der Waals surface area (Å²) in [6.45, 7) is 2.94. The van der Waals surface area contributed by atoms with Crippen LogP contribution in [0, 0.1) is 0 Å². The molecule has 11 heavy (non-hydrogen) atoms. The van der Waals surface area contributed by atoms with E-state index in [1.807, 2.05) is 0 Å². The van der Waals surface area contributed by atoms with Crippen LogP contribution in [0.1, 0.15) is 26.2 Å². The van der Waals surface area contributed by atoms with Crippen LogP contribution in [0.3, 0.4) is 0 Å². The Labute approximate surface area is 68.8 Å². The molecule has 0 atom stereocenters. The number of rotatable bonds is 4. The van der Waals surface area contributed by atoms with Gasteiger partial charge in [-0.05, 0) is 6.42 Å². The molecule has 0 aliphatic carbocycles. The average molecular weight is 158 g/mol. The smallest absolute Gasteiger partial charge is 0.316 e. The molecule has 0 aliphatic rings. The summed E-state index contributed by atoms with van der Waals surface area (Å²) in [5.41, 5.74) is 0. The molecule has 3 nitrogen and oxygen atoms in total. The van der Waals surface area contributed by atoms with Gasteiger partial charge in [0.15, 0.2) is 0 Å². The lowest BCUT2D eigenvalue weighted by atomic mass is 10.2. The number of unbranched alkanes of at least 4 members (excludes halogenated alkanes) is 2. The van der Waals surface area contributed by atoms with Crippen LogP contribution in [0.2, 0.25) is 0 Å². The Morgan fingerprint density at radius 2 is 2.00 bits per heavy atom. The molecule has 0 aromatic carbocycles. The van der Waals surface area contributed by atoms with Crippen molar-refractivity contribution in [2.45, 2.75) is 26.2 Å². The van der Waals surface area contributed by atoms with E-state index in [2.05, 4.69) is 12.2 Å². The zero-order valence-electron chi connectivity index (χ0n) is 7.68. The zero-order chi connectivity index (χ0) is 8.69. The molecule has 0 fully saturated rings. The van der Waals surface area contributed by atoms with Crippen LogP contribution in [0.4, 0.5) is 4.79 Å². The second-order valence-electron chi connectivity index (χ2n) is 2.83. The van der Waals surface area contributed by atoms with Crippen LogP contribution >= 0.6 is 0 Å². The van der Waals surface area contributed by atoms with Gasteiger partial charge in [0.05, 0.1) is 0 Å². The van der Waals surface area contributed by atoms with Gasteiger partial charge in [0.1, 0.15) is 0 Å². The Morgan fingerprint density at radius 1 is 1.36 bits per heavy atom. The van der Waals surface area contributed by atoms with Crippen LogP contribution in [0.25, 0.3) is 0 Å². The molecule has 0 rings (SSSR count). The first-order valence-corrected chi connectivity index (χ1v) is 4.13. The van der Waals surface area contributed by atoms with Crippen LogP contribution in [0.5, 0.6) is 0 Å². The van der Waals surface area contributed by atoms with Crippen molar-refractivity contribution in [2.24, 2.45) is 0 Å². The first-order chi connectivity index (χ1) is 5.18. The molecule has 1 N–H and O–H groups in total. The minimum absolute atomic E-state index is 0.00102. The Bertz CT molecular complexity index is 113. The lowest BCUT2D eigenvalue weighted by molar-refractivity contribution is 0.217. The monoisotopic (exact) mass is 158 g/mol. The topological polar surface area (TPSA) is 32.3 Å². The highest BCUT2D eigenvalue weighted by Gasteiger charge is 1.99. The van der Waals surface area contributed by atoms with E-state index >= 15 is 0 Å². The molecular weight excluding hydrogens is 140 g/mol. The minimum atomic E-state index is 0.00102. The van der Waals surface area contributed by atoms with Crippen LogP contribution < -0.4 is 5.32 Å². The van der Waals surface area contributed by atoms with Gasteiger partial charge in [0.25, 0.3) is 0 Å². The number of carbonyl (C=O) groups is 1. The summed E-state index contributed by atoms with van der Waals surface area (Å²) >= 11 is 0. The summed E-state index contributed by atoms with van der Waals surface area (Å²) in [6, 6.07) is 0.00102. The fourth-order valence-electron chi connectivity index (χ4n) is 0.728. The van der Waals surface area contributed by atoms with Gasteiger partial charge in [0.2, 0.25) is 0 Å². The standard InChI is InChI=1S/C8H18N2O/c1-4-5-6-7-9-8(11)10(2)3/h4-7H2,1-3H3,(H,9,11). The highest BCUT2D eigenvalue weighted by atomic mass is 16.2. The fourth-order valence-corrected chi connectivity index (χ4v) is 0.728. The van der Waals surface area contributed by atoms with Crippen molar-refractivity contribution in [3.8, 4) is 0 Å². The molecule has 0 heterocycles. The van der Waals surface area contributed by atoms with E-state index in [1.165, 1.54) is 12.8 Å². The number of urea groups is 1. The maximum atomic E-state index is 10.9. The van der Waals surface area contributed by atoms with Crippen molar-refractivity contribution >= 4 is 6.03 Å². The number of nitrogens with one attached hydrogen (secondary N) is 1. The van der Waals surface area contributed by atoms with E-state index in [4.69, 9.17) is 0 Å².